The third-order valence-electron chi connectivity index (χ3n) is 2.98. The molecule has 0 bridgehead atoms. The molecule has 0 aliphatic rings. The minimum Gasteiger partial charge on any atom is -0.310 e. The van der Waals surface area contributed by atoms with E-state index in [-0.39, 0.29) is 5.91 Å². The van der Waals surface area contributed by atoms with Crippen LogP contribution >= 0.6 is 0 Å². The first-order chi connectivity index (χ1) is 9.25. The van der Waals surface area contributed by atoms with Crippen molar-refractivity contribution in [2.45, 2.75) is 26.2 Å². The number of aryl methyl sites for hydroxylation is 2. The number of hydrogen-bond donors (Lipinski definition) is 1. The lowest BCUT2D eigenvalue weighted by Crippen LogP contribution is -2.13. The van der Waals surface area contributed by atoms with Gasteiger partial charge in [0.2, 0.25) is 5.91 Å². The van der Waals surface area contributed by atoms with E-state index in [1.54, 1.807) is 6.20 Å². The molecule has 19 heavy (non-hydrogen) atoms. The summed E-state index contributed by atoms with van der Waals surface area (Å²) in [5.74, 6) is 0.685. The molecule has 3 nitrogen and oxygen atoms in total. The van der Waals surface area contributed by atoms with E-state index in [1.165, 1.54) is 5.56 Å². The van der Waals surface area contributed by atoms with Gasteiger partial charge in [-0.15, -0.1) is 0 Å². The molecule has 1 heterocycles. The van der Waals surface area contributed by atoms with Gasteiger partial charge in [0.05, 0.1) is 0 Å². The summed E-state index contributed by atoms with van der Waals surface area (Å²) in [7, 11) is 0. The molecule has 0 unspecified atom stereocenters. The Bertz CT molecular complexity index is 537. The van der Waals surface area contributed by atoms with Gasteiger partial charge in [-0.2, -0.15) is 0 Å². The standard InChI is InChI=1S/C16H18N2O/c1-13-7-6-12-17-16(13)18-15(19)11-5-10-14-8-3-2-4-9-14/h2-4,6-9,12H,5,10-11H2,1H3,(H,17,18,19). The van der Waals surface area contributed by atoms with E-state index in [1.807, 2.05) is 37.3 Å². The van der Waals surface area contributed by atoms with Crippen LogP contribution in [0.3, 0.4) is 0 Å². The minimum atomic E-state index is 0.0257. The number of anilines is 1. The predicted octanol–water partition coefficient (Wildman–Crippen LogP) is 3.35. The molecule has 1 N–H and O–H groups in total. The first-order valence-electron chi connectivity index (χ1n) is 6.51. The van der Waals surface area contributed by atoms with Gasteiger partial charge in [-0.3, -0.25) is 4.79 Å². The summed E-state index contributed by atoms with van der Waals surface area (Å²) < 4.78 is 0. The van der Waals surface area contributed by atoms with Gasteiger partial charge in [-0.25, -0.2) is 4.98 Å². The largest absolute Gasteiger partial charge is 0.310 e. The molecule has 0 aliphatic heterocycles. The summed E-state index contributed by atoms with van der Waals surface area (Å²) in [4.78, 5) is 16.0. The summed E-state index contributed by atoms with van der Waals surface area (Å²) in [6.45, 7) is 1.94. The number of benzene rings is 1. The normalized spacial score (nSPS) is 10.2. The van der Waals surface area contributed by atoms with Gasteiger partial charge in [-0.1, -0.05) is 36.4 Å². The van der Waals surface area contributed by atoms with Gasteiger partial charge in [0.15, 0.2) is 0 Å². The fraction of sp³-hybridized carbons (Fsp3) is 0.250. The number of pyridine rings is 1. The highest BCUT2D eigenvalue weighted by Crippen LogP contribution is 2.10. The van der Waals surface area contributed by atoms with E-state index >= 15 is 0 Å². The van der Waals surface area contributed by atoms with Crippen molar-refractivity contribution < 1.29 is 4.79 Å². The zero-order valence-corrected chi connectivity index (χ0v) is 11.1. The SMILES string of the molecule is Cc1cccnc1NC(=O)CCCc1ccccc1. The molecule has 0 spiro atoms. The van der Waals surface area contributed by atoms with Crippen LogP contribution in [0, 0.1) is 6.92 Å². The Balaban J connectivity index is 1.78. The number of carbonyl (C=O) groups excluding carboxylic acids is 1. The van der Waals surface area contributed by atoms with Crippen LogP contribution in [0.1, 0.15) is 24.0 Å². The van der Waals surface area contributed by atoms with E-state index in [9.17, 15) is 4.79 Å². The van der Waals surface area contributed by atoms with Crippen LogP contribution in [0.2, 0.25) is 0 Å². The Kier molecular flexibility index (Phi) is 4.67. The average molecular weight is 254 g/mol. The van der Waals surface area contributed by atoms with Gasteiger partial charge >= 0.3 is 0 Å². The zero-order chi connectivity index (χ0) is 13.5. The van der Waals surface area contributed by atoms with Crippen molar-refractivity contribution in [1.82, 2.24) is 4.98 Å². The summed E-state index contributed by atoms with van der Waals surface area (Å²) in [6, 6.07) is 14.0. The molecule has 3 heteroatoms. The van der Waals surface area contributed by atoms with Crippen molar-refractivity contribution in [3.05, 3.63) is 59.8 Å². The third kappa shape index (κ3) is 4.21. The molecule has 2 rings (SSSR count). The molecular formula is C16H18N2O. The topological polar surface area (TPSA) is 42.0 Å². The molecule has 0 atom stereocenters. The lowest BCUT2D eigenvalue weighted by molar-refractivity contribution is -0.116. The van der Waals surface area contributed by atoms with Crippen LogP contribution < -0.4 is 5.32 Å². The highest BCUT2D eigenvalue weighted by molar-refractivity contribution is 5.90. The Morgan fingerprint density at radius 1 is 1.16 bits per heavy atom. The number of hydrogen-bond acceptors (Lipinski definition) is 2. The zero-order valence-electron chi connectivity index (χ0n) is 11.1. The molecule has 1 aromatic carbocycles. The van der Waals surface area contributed by atoms with Gasteiger partial charge in [0, 0.05) is 12.6 Å². The Hall–Kier alpha value is -2.16. The van der Waals surface area contributed by atoms with Crippen LogP contribution in [0.25, 0.3) is 0 Å². The van der Waals surface area contributed by atoms with Crippen LogP contribution in [0.4, 0.5) is 5.82 Å². The molecule has 98 valence electrons. The van der Waals surface area contributed by atoms with E-state index in [0.717, 1.165) is 18.4 Å². The van der Waals surface area contributed by atoms with Crippen LogP contribution in [-0.2, 0) is 11.2 Å². The number of amides is 1. The van der Waals surface area contributed by atoms with Crippen LogP contribution in [0.15, 0.2) is 48.7 Å². The highest BCUT2D eigenvalue weighted by Gasteiger charge is 2.05. The van der Waals surface area contributed by atoms with Crippen LogP contribution in [-0.4, -0.2) is 10.9 Å². The molecule has 0 fully saturated rings. The number of nitrogens with one attached hydrogen (secondary N) is 1. The quantitative estimate of drug-likeness (QED) is 0.889. The Labute approximate surface area is 113 Å². The number of carbonyl (C=O) groups is 1. The first kappa shape index (κ1) is 13.3. The summed E-state index contributed by atoms with van der Waals surface area (Å²) >= 11 is 0. The second-order valence-electron chi connectivity index (χ2n) is 4.56. The fourth-order valence-electron chi connectivity index (χ4n) is 1.91. The molecular weight excluding hydrogens is 236 g/mol. The van der Waals surface area contributed by atoms with E-state index in [0.29, 0.717) is 12.2 Å². The molecule has 0 radical (unpaired) electrons. The second kappa shape index (κ2) is 6.69. The van der Waals surface area contributed by atoms with Crippen molar-refractivity contribution in [2.24, 2.45) is 0 Å². The van der Waals surface area contributed by atoms with Gasteiger partial charge < -0.3 is 5.32 Å². The van der Waals surface area contributed by atoms with Gasteiger partial charge in [0.1, 0.15) is 5.82 Å². The second-order valence-corrected chi connectivity index (χ2v) is 4.56. The smallest absolute Gasteiger partial charge is 0.225 e. The fourth-order valence-corrected chi connectivity index (χ4v) is 1.91. The van der Waals surface area contributed by atoms with E-state index in [4.69, 9.17) is 0 Å². The first-order valence-corrected chi connectivity index (χ1v) is 6.51. The molecule has 0 aliphatic carbocycles. The van der Waals surface area contributed by atoms with Crippen molar-refractivity contribution in [3.63, 3.8) is 0 Å². The van der Waals surface area contributed by atoms with E-state index < -0.39 is 0 Å². The van der Waals surface area contributed by atoms with Crippen molar-refractivity contribution >= 4 is 11.7 Å². The Morgan fingerprint density at radius 3 is 2.68 bits per heavy atom. The molecule has 1 amide bonds. The number of aromatic nitrogens is 1. The maximum Gasteiger partial charge on any atom is 0.225 e. The lowest BCUT2D eigenvalue weighted by Gasteiger charge is -2.06. The number of nitrogens with zero attached hydrogens (tertiary/aromatic N) is 1. The maximum atomic E-state index is 11.8. The maximum absolute atomic E-state index is 11.8. The summed E-state index contributed by atoms with van der Waals surface area (Å²) in [5.41, 5.74) is 2.25. The monoisotopic (exact) mass is 254 g/mol. The predicted molar refractivity (Wildman–Crippen MR) is 77.0 cm³/mol. The van der Waals surface area contributed by atoms with Gasteiger partial charge in [-0.05, 0) is 37.0 Å². The summed E-state index contributed by atoms with van der Waals surface area (Å²) in [5, 5.41) is 2.85. The highest BCUT2D eigenvalue weighted by atomic mass is 16.1. The molecule has 1 aromatic heterocycles. The lowest BCUT2D eigenvalue weighted by atomic mass is 10.1. The third-order valence-corrected chi connectivity index (χ3v) is 2.98. The van der Waals surface area contributed by atoms with Gasteiger partial charge in [0.25, 0.3) is 0 Å². The average Bonchev–Trinajstić information content (AvgIpc) is 2.43. The van der Waals surface area contributed by atoms with Crippen molar-refractivity contribution in [1.29, 1.82) is 0 Å². The Morgan fingerprint density at radius 2 is 1.95 bits per heavy atom. The van der Waals surface area contributed by atoms with Crippen molar-refractivity contribution in [2.75, 3.05) is 5.32 Å². The molecule has 0 saturated heterocycles. The molecule has 0 saturated carbocycles. The molecule has 2 aromatic rings. The van der Waals surface area contributed by atoms with Crippen LogP contribution in [0.5, 0.6) is 0 Å². The minimum absolute atomic E-state index is 0.0257. The van der Waals surface area contributed by atoms with E-state index in [2.05, 4.69) is 22.4 Å². The number of rotatable bonds is 5. The van der Waals surface area contributed by atoms with Crippen molar-refractivity contribution in [3.8, 4) is 0 Å². The summed E-state index contributed by atoms with van der Waals surface area (Å²) in [6.07, 6.45) is 3.98.